The Morgan fingerprint density at radius 2 is 1.50 bits per heavy atom. The maximum atomic E-state index is 10.9. The van der Waals surface area contributed by atoms with Crippen molar-refractivity contribution in [1.29, 1.82) is 0 Å². The highest BCUT2D eigenvalue weighted by molar-refractivity contribution is 5.22. The predicted octanol–water partition coefficient (Wildman–Crippen LogP) is 4.94. The van der Waals surface area contributed by atoms with E-state index in [4.69, 9.17) is 0 Å². The summed E-state index contributed by atoms with van der Waals surface area (Å²) in [5.74, 6) is 2.27. The molecule has 4 N–H and O–H groups in total. The summed E-state index contributed by atoms with van der Waals surface area (Å²) in [6.07, 6.45) is 10.5. The van der Waals surface area contributed by atoms with Gasteiger partial charge in [0.25, 0.3) is 0 Å². The molecule has 5 aliphatic rings. The predicted molar refractivity (Wildman–Crippen MR) is 135 cm³/mol. The van der Waals surface area contributed by atoms with E-state index in [0.29, 0.717) is 29.6 Å². The largest absolute Gasteiger partial charge is 0.396 e. The summed E-state index contributed by atoms with van der Waals surface area (Å²) >= 11 is 0. The molecule has 0 aromatic carbocycles. The number of aliphatic hydroxyl groups is 4. The molecule has 194 valence electrons. The lowest BCUT2D eigenvalue weighted by Gasteiger charge is -2.73. The lowest BCUT2D eigenvalue weighted by Crippen LogP contribution is -2.67. The SMILES string of the molecule is C=C(CO)[C@@H]1CC[C@]2(CO)CC[C@]3(C)[C@H](CC[C@@H]4[C@@]5(C)CC[C@H](O)[C@@](C)(CO)[C@@H]5CC[C@]43C)[C@@H]12. The summed E-state index contributed by atoms with van der Waals surface area (Å²) < 4.78 is 0. The van der Waals surface area contributed by atoms with Crippen LogP contribution in [0.25, 0.3) is 0 Å². The van der Waals surface area contributed by atoms with Gasteiger partial charge in [-0.25, -0.2) is 0 Å². The molecule has 0 aromatic rings. The fourth-order valence-corrected chi connectivity index (χ4v) is 11.6. The van der Waals surface area contributed by atoms with Crippen molar-refractivity contribution in [3.05, 3.63) is 12.2 Å². The molecule has 4 nitrogen and oxygen atoms in total. The molecule has 4 heteroatoms. The van der Waals surface area contributed by atoms with Crippen LogP contribution in [0.1, 0.15) is 91.9 Å². The molecule has 0 bridgehead atoms. The minimum Gasteiger partial charge on any atom is -0.396 e. The Morgan fingerprint density at radius 3 is 2.15 bits per heavy atom. The Labute approximate surface area is 207 Å². The van der Waals surface area contributed by atoms with E-state index in [-0.39, 0.29) is 41.5 Å². The van der Waals surface area contributed by atoms with E-state index in [2.05, 4.69) is 34.3 Å². The minimum absolute atomic E-state index is 0.00165. The first-order valence-corrected chi connectivity index (χ1v) is 14.2. The Morgan fingerprint density at radius 1 is 0.765 bits per heavy atom. The Balaban J connectivity index is 1.54. The number of hydrogen-bond acceptors (Lipinski definition) is 4. The highest BCUT2D eigenvalue weighted by atomic mass is 16.3. The monoisotopic (exact) mass is 474 g/mol. The van der Waals surface area contributed by atoms with Gasteiger partial charge in [-0.2, -0.15) is 0 Å². The molecule has 0 heterocycles. The second kappa shape index (κ2) is 8.04. The van der Waals surface area contributed by atoms with E-state index in [1.165, 1.54) is 19.3 Å². The van der Waals surface area contributed by atoms with E-state index in [1.54, 1.807) is 0 Å². The number of fused-ring (bicyclic) bond motifs is 7. The van der Waals surface area contributed by atoms with E-state index in [0.717, 1.165) is 50.5 Å². The summed E-state index contributed by atoms with van der Waals surface area (Å²) in [5.41, 5.74) is 1.15. The van der Waals surface area contributed by atoms with Crippen LogP contribution in [0.5, 0.6) is 0 Å². The van der Waals surface area contributed by atoms with Crippen LogP contribution in [0.15, 0.2) is 12.2 Å². The summed E-state index contributed by atoms with van der Waals surface area (Å²) in [6, 6.07) is 0. The van der Waals surface area contributed by atoms with Gasteiger partial charge in [0.1, 0.15) is 0 Å². The van der Waals surface area contributed by atoms with Crippen molar-refractivity contribution in [3.8, 4) is 0 Å². The zero-order valence-corrected chi connectivity index (χ0v) is 22.2. The molecule has 5 aliphatic carbocycles. The maximum Gasteiger partial charge on any atom is 0.0641 e. The average molecular weight is 475 g/mol. The van der Waals surface area contributed by atoms with E-state index in [1.807, 2.05) is 0 Å². The maximum absolute atomic E-state index is 10.9. The van der Waals surface area contributed by atoms with Crippen molar-refractivity contribution in [2.24, 2.45) is 56.7 Å². The number of aliphatic hydroxyl groups excluding tert-OH is 4. The van der Waals surface area contributed by atoms with Crippen molar-refractivity contribution in [2.75, 3.05) is 19.8 Å². The van der Waals surface area contributed by atoms with E-state index in [9.17, 15) is 20.4 Å². The molecule has 0 radical (unpaired) electrons. The van der Waals surface area contributed by atoms with Gasteiger partial charge in [0.05, 0.1) is 19.3 Å². The van der Waals surface area contributed by atoms with Crippen molar-refractivity contribution in [1.82, 2.24) is 0 Å². The summed E-state index contributed by atoms with van der Waals surface area (Å²) in [7, 11) is 0. The van der Waals surface area contributed by atoms with Crippen LogP contribution in [-0.2, 0) is 0 Å². The molecular formula is C30H50O4. The fourth-order valence-electron chi connectivity index (χ4n) is 11.6. The molecule has 0 saturated heterocycles. The molecule has 5 rings (SSSR count). The van der Waals surface area contributed by atoms with Crippen molar-refractivity contribution in [2.45, 2.75) is 98.0 Å². The Bertz CT molecular complexity index is 827. The van der Waals surface area contributed by atoms with Crippen LogP contribution >= 0.6 is 0 Å². The van der Waals surface area contributed by atoms with Crippen LogP contribution < -0.4 is 0 Å². The smallest absolute Gasteiger partial charge is 0.0641 e. The van der Waals surface area contributed by atoms with Crippen LogP contribution in [0.4, 0.5) is 0 Å². The standard InChI is InChI=1S/C30H50O4/c1-19(16-31)20-8-13-30(18-33)15-14-28(4)21(25(20)30)6-7-23-26(2)11-10-24(34)27(3,17-32)22(26)9-12-29(23,28)5/h20-25,31-34H,1,6-18H2,2-5H3/t20-,21+,22+,23+,24-,25+,26-,27-,28+,29+,30+/m0/s1. The van der Waals surface area contributed by atoms with Gasteiger partial charge in [0.15, 0.2) is 0 Å². The highest BCUT2D eigenvalue weighted by Crippen LogP contribution is 2.77. The third-order valence-electron chi connectivity index (χ3n) is 13.8. The van der Waals surface area contributed by atoms with Crippen LogP contribution in [0.3, 0.4) is 0 Å². The average Bonchev–Trinajstić information content (AvgIpc) is 3.22. The molecular weight excluding hydrogens is 424 g/mol. The normalized spacial score (nSPS) is 56.7. The first-order chi connectivity index (χ1) is 16.0. The van der Waals surface area contributed by atoms with Gasteiger partial charge in [-0.1, -0.05) is 34.3 Å². The van der Waals surface area contributed by atoms with Gasteiger partial charge in [0.2, 0.25) is 0 Å². The quantitative estimate of drug-likeness (QED) is 0.435. The van der Waals surface area contributed by atoms with Gasteiger partial charge < -0.3 is 20.4 Å². The molecule has 0 aromatic heterocycles. The summed E-state index contributed by atoms with van der Waals surface area (Å²) in [4.78, 5) is 0. The van der Waals surface area contributed by atoms with Crippen molar-refractivity contribution < 1.29 is 20.4 Å². The van der Waals surface area contributed by atoms with Gasteiger partial charge in [-0.05, 0) is 121 Å². The first-order valence-electron chi connectivity index (χ1n) is 14.2. The van der Waals surface area contributed by atoms with E-state index < -0.39 is 11.5 Å². The number of rotatable bonds is 4. The zero-order chi connectivity index (χ0) is 24.7. The molecule has 0 amide bonds. The molecule has 5 fully saturated rings. The second-order valence-electron chi connectivity index (χ2n) is 14.4. The third-order valence-corrected chi connectivity index (χ3v) is 13.8. The van der Waals surface area contributed by atoms with Gasteiger partial charge >= 0.3 is 0 Å². The van der Waals surface area contributed by atoms with E-state index >= 15 is 0 Å². The van der Waals surface area contributed by atoms with Crippen LogP contribution in [-0.4, -0.2) is 46.4 Å². The van der Waals surface area contributed by atoms with Crippen LogP contribution in [0, 0.1) is 56.7 Å². The fraction of sp³-hybridized carbons (Fsp3) is 0.933. The Hall–Kier alpha value is -0.420. The molecule has 11 atom stereocenters. The summed E-state index contributed by atoms with van der Waals surface area (Å²) in [5, 5.41) is 42.0. The lowest BCUT2D eigenvalue weighted by molar-refractivity contribution is -0.255. The van der Waals surface area contributed by atoms with Crippen LogP contribution in [0.2, 0.25) is 0 Å². The molecule has 0 spiro atoms. The lowest BCUT2D eigenvalue weighted by atomic mass is 9.32. The topological polar surface area (TPSA) is 80.9 Å². The first kappa shape index (κ1) is 25.2. The highest BCUT2D eigenvalue weighted by Gasteiger charge is 2.71. The van der Waals surface area contributed by atoms with Gasteiger partial charge in [0, 0.05) is 12.0 Å². The van der Waals surface area contributed by atoms with Gasteiger partial charge in [-0.3, -0.25) is 0 Å². The summed E-state index contributed by atoms with van der Waals surface area (Å²) in [6.45, 7) is 14.5. The van der Waals surface area contributed by atoms with Gasteiger partial charge in [-0.15, -0.1) is 0 Å². The molecule has 0 aliphatic heterocycles. The Kier molecular flexibility index (Phi) is 5.97. The molecule has 0 unspecified atom stereocenters. The van der Waals surface area contributed by atoms with Crippen molar-refractivity contribution >= 4 is 0 Å². The zero-order valence-electron chi connectivity index (χ0n) is 22.2. The minimum atomic E-state index is -0.407. The second-order valence-corrected chi connectivity index (χ2v) is 14.4. The number of hydrogen-bond donors (Lipinski definition) is 4. The van der Waals surface area contributed by atoms with Crippen molar-refractivity contribution in [3.63, 3.8) is 0 Å². The molecule has 5 saturated carbocycles. The third kappa shape index (κ3) is 2.92. The molecule has 34 heavy (non-hydrogen) atoms.